The molecule has 0 radical (unpaired) electrons. The lowest BCUT2D eigenvalue weighted by molar-refractivity contribution is -0.125. The molecule has 1 aromatic carbocycles. The molecule has 2 aliphatic rings. The van der Waals surface area contributed by atoms with Crippen LogP contribution in [0.25, 0.3) is 0 Å². The van der Waals surface area contributed by atoms with Crippen molar-refractivity contribution in [3.63, 3.8) is 0 Å². The Labute approximate surface area is 172 Å². The summed E-state index contributed by atoms with van der Waals surface area (Å²) in [7, 11) is 0. The van der Waals surface area contributed by atoms with Gasteiger partial charge in [0.05, 0.1) is 12.2 Å². The number of nitrogen functional groups attached to an aromatic ring is 1. The average molecular weight is 408 g/mol. The van der Waals surface area contributed by atoms with Crippen molar-refractivity contribution in [2.45, 2.75) is 13.0 Å². The van der Waals surface area contributed by atoms with Crippen molar-refractivity contribution in [3.8, 4) is 11.5 Å². The van der Waals surface area contributed by atoms with Gasteiger partial charge >= 0.3 is 0 Å². The Kier molecular flexibility index (Phi) is 4.86. The van der Waals surface area contributed by atoms with Gasteiger partial charge in [0, 0.05) is 12.1 Å². The number of carbonyl (C=O) groups excluding carboxylic acids is 3. The van der Waals surface area contributed by atoms with Gasteiger partial charge in [-0.15, -0.1) is 6.58 Å². The molecule has 4 rings (SSSR count). The number of amides is 2. The van der Waals surface area contributed by atoms with Crippen molar-refractivity contribution in [1.29, 1.82) is 0 Å². The van der Waals surface area contributed by atoms with Crippen LogP contribution in [-0.4, -0.2) is 48.4 Å². The lowest BCUT2D eigenvalue weighted by Crippen LogP contribution is -2.47. The van der Waals surface area contributed by atoms with Gasteiger partial charge in [-0.05, 0) is 37.3 Å². The Hall–Kier alpha value is -3.88. The molecule has 2 aliphatic heterocycles. The third-order valence-corrected chi connectivity index (χ3v) is 4.87. The number of nitrogens with two attached hydrogens (primary N) is 1. The lowest BCUT2D eigenvalue weighted by Gasteiger charge is -2.32. The molecule has 0 saturated carbocycles. The summed E-state index contributed by atoms with van der Waals surface area (Å²) in [4.78, 5) is 44.8. The SMILES string of the molecule is C=CCN1C(=O)COc2ccc(C(=O)CN3C(=O)C(C)Oc4ccc(N)nc43)cc21. The summed E-state index contributed by atoms with van der Waals surface area (Å²) in [5.74, 6) is 0.357. The molecule has 1 atom stereocenters. The van der Waals surface area contributed by atoms with Gasteiger partial charge in [-0.25, -0.2) is 4.98 Å². The number of carbonyl (C=O) groups is 3. The maximum Gasteiger partial charge on any atom is 0.269 e. The van der Waals surface area contributed by atoms with Crippen LogP contribution in [0.3, 0.4) is 0 Å². The van der Waals surface area contributed by atoms with Gasteiger partial charge in [0.15, 0.2) is 30.1 Å². The van der Waals surface area contributed by atoms with Crippen molar-refractivity contribution in [2.24, 2.45) is 0 Å². The third-order valence-electron chi connectivity index (χ3n) is 4.87. The summed E-state index contributed by atoms with van der Waals surface area (Å²) < 4.78 is 11.0. The number of fused-ring (bicyclic) bond motifs is 2. The molecule has 3 heterocycles. The number of hydrogen-bond donors (Lipinski definition) is 1. The summed E-state index contributed by atoms with van der Waals surface area (Å²) in [6.07, 6.45) is 0.843. The van der Waals surface area contributed by atoms with Gasteiger partial charge in [-0.3, -0.25) is 19.3 Å². The molecule has 0 aliphatic carbocycles. The Bertz CT molecular complexity index is 1070. The van der Waals surface area contributed by atoms with E-state index in [0.717, 1.165) is 0 Å². The highest BCUT2D eigenvalue weighted by molar-refractivity contribution is 6.09. The number of aromatic nitrogens is 1. The molecule has 2 aromatic rings. The molecule has 0 saturated heterocycles. The van der Waals surface area contributed by atoms with E-state index < -0.39 is 12.0 Å². The van der Waals surface area contributed by atoms with E-state index in [-0.39, 0.29) is 36.5 Å². The molecule has 1 aromatic heterocycles. The van der Waals surface area contributed by atoms with Crippen LogP contribution in [0.5, 0.6) is 11.5 Å². The largest absolute Gasteiger partial charge is 0.482 e. The molecule has 0 bridgehead atoms. The van der Waals surface area contributed by atoms with Crippen LogP contribution in [-0.2, 0) is 9.59 Å². The van der Waals surface area contributed by atoms with E-state index in [4.69, 9.17) is 15.2 Å². The second-order valence-electron chi connectivity index (χ2n) is 6.93. The molecule has 2 N–H and O–H groups in total. The highest BCUT2D eigenvalue weighted by Gasteiger charge is 2.34. The van der Waals surface area contributed by atoms with Crippen LogP contribution < -0.4 is 25.0 Å². The Balaban J connectivity index is 1.65. The van der Waals surface area contributed by atoms with E-state index in [9.17, 15) is 14.4 Å². The number of pyridine rings is 1. The van der Waals surface area contributed by atoms with Crippen molar-refractivity contribution < 1.29 is 23.9 Å². The summed E-state index contributed by atoms with van der Waals surface area (Å²) in [6, 6.07) is 8.01. The minimum absolute atomic E-state index is 0.0713. The number of ether oxygens (including phenoxy) is 2. The zero-order valence-electron chi connectivity index (χ0n) is 16.3. The van der Waals surface area contributed by atoms with Gasteiger partial charge in [0.25, 0.3) is 11.8 Å². The fraction of sp³-hybridized carbons (Fsp3) is 0.238. The number of nitrogens with zero attached hydrogens (tertiary/aromatic N) is 3. The molecule has 30 heavy (non-hydrogen) atoms. The first-order valence-corrected chi connectivity index (χ1v) is 9.35. The van der Waals surface area contributed by atoms with E-state index in [0.29, 0.717) is 29.3 Å². The molecule has 154 valence electrons. The van der Waals surface area contributed by atoms with E-state index in [1.807, 2.05) is 0 Å². The van der Waals surface area contributed by atoms with Crippen LogP contribution in [0.15, 0.2) is 43.0 Å². The van der Waals surface area contributed by atoms with Crippen LogP contribution >= 0.6 is 0 Å². The van der Waals surface area contributed by atoms with Crippen LogP contribution in [0, 0.1) is 0 Å². The minimum atomic E-state index is -0.756. The number of ketones is 1. The average Bonchev–Trinajstić information content (AvgIpc) is 2.73. The Morgan fingerprint density at radius 3 is 2.80 bits per heavy atom. The van der Waals surface area contributed by atoms with E-state index >= 15 is 0 Å². The highest BCUT2D eigenvalue weighted by Crippen LogP contribution is 2.35. The fourth-order valence-electron chi connectivity index (χ4n) is 3.39. The number of hydrogen-bond acceptors (Lipinski definition) is 7. The maximum atomic E-state index is 13.0. The first kappa shape index (κ1) is 19.4. The normalized spacial score (nSPS) is 17.6. The van der Waals surface area contributed by atoms with Crippen molar-refractivity contribution in [2.75, 3.05) is 35.2 Å². The summed E-state index contributed by atoms with van der Waals surface area (Å²) >= 11 is 0. The molecular formula is C21H20N4O5. The van der Waals surface area contributed by atoms with Gasteiger partial charge < -0.3 is 20.1 Å². The van der Waals surface area contributed by atoms with E-state index in [1.54, 1.807) is 43.3 Å². The molecule has 0 fully saturated rings. The Morgan fingerprint density at radius 1 is 1.27 bits per heavy atom. The predicted octanol–water partition coefficient (Wildman–Crippen LogP) is 1.57. The van der Waals surface area contributed by atoms with Gasteiger partial charge in [0.1, 0.15) is 11.6 Å². The summed E-state index contributed by atoms with van der Waals surface area (Å²) in [5, 5.41) is 0. The third kappa shape index (κ3) is 3.34. The lowest BCUT2D eigenvalue weighted by atomic mass is 10.1. The van der Waals surface area contributed by atoms with Gasteiger partial charge in [0.2, 0.25) is 0 Å². The maximum absolute atomic E-state index is 13.0. The van der Waals surface area contributed by atoms with Crippen molar-refractivity contribution >= 4 is 34.9 Å². The zero-order chi connectivity index (χ0) is 21.4. The second-order valence-corrected chi connectivity index (χ2v) is 6.93. The quantitative estimate of drug-likeness (QED) is 0.590. The minimum Gasteiger partial charge on any atom is -0.482 e. The van der Waals surface area contributed by atoms with Crippen LogP contribution in [0.4, 0.5) is 17.3 Å². The van der Waals surface area contributed by atoms with Crippen molar-refractivity contribution in [3.05, 3.63) is 48.6 Å². The monoisotopic (exact) mass is 408 g/mol. The smallest absolute Gasteiger partial charge is 0.269 e. The first-order chi connectivity index (χ1) is 14.4. The Morgan fingerprint density at radius 2 is 2.03 bits per heavy atom. The number of anilines is 3. The van der Waals surface area contributed by atoms with E-state index in [2.05, 4.69) is 11.6 Å². The zero-order valence-corrected chi connectivity index (χ0v) is 16.3. The summed E-state index contributed by atoms with van der Waals surface area (Å²) in [6.45, 7) is 5.25. The summed E-state index contributed by atoms with van der Waals surface area (Å²) in [5.41, 5.74) is 6.57. The highest BCUT2D eigenvalue weighted by atomic mass is 16.5. The molecule has 9 nitrogen and oxygen atoms in total. The predicted molar refractivity (Wildman–Crippen MR) is 110 cm³/mol. The second kappa shape index (κ2) is 7.51. The molecule has 0 spiro atoms. The van der Waals surface area contributed by atoms with Crippen LogP contribution in [0.1, 0.15) is 17.3 Å². The fourth-order valence-corrected chi connectivity index (χ4v) is 3.39. The topological polar surface area (TPSA) is 115 Å². The molecule has 9 heteroatoms. The van der Waals surface area contributed by atoms with Crippen molar-refractivity contribution in [1.82, 2.24) is 4.98 Å². The van der Waals surface area contributed by atoms with Crippen LogP contribution in [0.2, 0.25) is 0 Å². The molecule has 1 unspecified atom stereocenters. The molecular weight excluding hydrogens is 388 g/mol. The number of rotatable bonds is 5. The standard InChI is InChI=1S/C21H20N4O5/c1-3-8-24-14-9-13(4-5-16(14)29-11-19(24)27)15(26)10-25-20-17(6-7-18(22)23-20)30-12(2)21(25)28/h3-7,9,12H,1,8,10-11H2,2H3,(H2,22,23). The number of benzene rings is 1. The number of Topliss-reactive ketones (excluding diaryl/α,β-unsaturated/α-hetero) is 1. The van der Waals surface area contributed by atoms with Gasteiger partial charge in [-0.2, -0.15) is 0 Å². The molecule has 2 amide bonds. The first-order valence-electron chi connectivity index (χ1n) is 9.35. The van der Waals surface area contributed by atoms with Gasteiger partial charge in [-0.1, -0.05) is 6.08 Å². The van der Waals surface area contributed by atoms with E-state index in [1.165, 1.54) is 9.80 Å².